The van der Waals surface area contributed by atoms with E-state index in [1.54, 1.807) is 12.3 Å². The van der Waals surface area contributed by atoms with Crippen LogP contribution in [0.25, 0.3) is 0 Å². The maximum absolute atomic E-state index is 12.9. The topological polar surface area (TPSA) is 37.3 Å². The van der Waals surface area contributed by atoms with Crippen molar-refractivity contribution >= 4 is 35.1 Å². The summed E-state index contributed by atoms with van der Waals surface area (Å²) < 4.78 is 51.3. The van der Waals surface area contributed by atoms with Crippen LogP contribution in [0.5, 0.6) is 0 Å². The quantitative estimate of drug-likeness (QED) is 0.408. The van der Waals surface area contributed by atoms with Crippen molar-refractivity contribution in [1.82, 2.24) is 4.98 Å². The number of rotatable bonds is 4. The highest BCUT2D eigenvalue weighted by Crippen LogP contribution is 2.15. The summed E-state index contributed by atoms with van der Waals surface area (Å²) in [6.07, 6.45) is 1.00. The molecule has 0 aliphatic rings. The molecular formula is C11H9BF4N3S-. The van der Waals surface area contributed by atoms with Crippen LogP contribution in [-0.2, 0) is 0 Å². The van der Waals surface area contributed by atoms with Crippen molar-refractivity contribution in [2.24, 2.45) is 5.10 Å². The molecule has 0 saturated heterocycles. The molecule has 9 heteroatoms. The predicted molar refractivity (Wildman–Crippen MR) is 73.2 cm³/mol. The van der Waals surface area contributed by atoms with Crippen LogP contribution in [0.3, 0.4) is 0 Å². The van der Waals surface area contributed by atoms with Crippen molar-refractivity contribution in [1.29, 1.82) is 0 Å². The van der Waals surface area contributed by atoms with E-state index in [-0.39, 0.29) is 5.56 Å². The Labute approximate surface area is 116 Å². The molecule has 1 aromatic heterocycles. The van der Waals surface area contributed by atoms with Gasteiger partial charge in [-0.2, -0.15) is 5.10 Å². The van der Waals surface area contributed by atoms with Crippen molar-refractivity contribution in [3.05, 3.63) is 40.7 Å². The summed E-state index contributed by atoms with van der Waals surface area (Å²) in [6, 6.07) is 2.47. The number of hydrogen-bond acceptors (Lipinski definition) is 4. The fourth-order valence-corrected chi connectivity index (χ4v) is 2.15. The van der Waals surface area contributed by atoms with E-state index in [0.717, 1.165) is 24.0 Å². The number of aryl methyl sites for hydroxylation is 1. The molecular weight excluding hydrogens is 293 g/mol. The van der Waals surface area contributed by atoms with Gasteiger partial charge in [-0.25, -0.2) is 9.37 Å². The summed E-state index contributed by atoms with van der Waals surface area (Å²) in [5.74, 6) is -0.931. The minimum Gasteiger partial charge on any atom is -0.445 e. The zero-order valence-corrected chi connectivity index (χ0v) is 11.1. The second-order valence-corrected chi connectivity index (χ2v) is 4.87. The number of hydrogen-bond donors (Lipinski definition) is 1. The average molecular weight is 302 g/mol. The summed E-state index contributed by atoms with van der Waals surface area (Å²) in [5.41, 5.74) is 2.11. The third kappa shape index (κ3) is 3.56. The molecule has 0 aliphatic carbocycles. The Morgan fingerprint density at radius 1 is 1.35 bits per heavy atom. The first-order valence-corrected chi connectivity index (χ1v) is 6.45. The van der Waals surface area contributed by atoms with E-state index in [9.17, 15) is 17.3 Å². The number of halogens is 4. The van der Waals surface area contributed by atoms with Crippen molar-refractivity contribution in [2.45, 2.75) is 6.92 Å². The highest BCUT2D eigenvalue weighted by atomic mass is 32.1. The van der Waals surface area contributed by atoms with Crippen molar-refractivity contribution in [2.75, 3.05) is 5.43 Å². The standard InChI is InChI=1S/C11H9BF4N3S/c1-7-6-20-11(18-7)19-17-5-8-2-3-9(13)4-10(8)12(14,15)16/h2-6H,1H3,(H,18,19)/q-1. The van der Waals surface area contributed by atoms with E-state index >= 15 is 0 Å². The number of benzene rings is 1. The highest BCUT2D eigenvalue weighted by Gasteiger charge is 2.28. The van der Waals surface area contributed by atoms with E-state index in [4.69, 9.17) is 0 Å². The lowest BCUT2D eigenvalue weighted by Gasteiger charge is -2.17. The molecule has 1 aromatic carbocycles. The van der Waals surface area contributed by atoms with Gasteiger partial charge in [-0.15, -0.1) is 11.3 Å². The molecule has 0 amide bonds. The van der Waals surface area contributed by atoms with Crippen LogP contribution in [0.2, 0.25) is 0 Å². The van der Waals surface area contributed by atoms with Crippen LogP contribution < -0.4 is 10.9 Å². The molecule has 3 nitrogen and oxygen atoms in total. The van der Waals surface area contributed by atoms with Crippen LogP contribution in [-0.4, -0.2) is 18.2 Å². The van der Waals surface area contributed by atoms with Crippen molar-refractivity contribution in [3.63, 3.8) is 0 Å². The second kappa shape index (κ2) is 5.62. The summed E-state index contributed by atoms with van der Waals surface area (Å²) in [6.45, 7) is -3.51. The normalized spacial score (nSPS) is 12.1. The SMILES string of the molecule is Cc1csc(NN=Cc2ccc(F)cc2[B-](F)(F)F)n1. The number of hydrazone groups is 1. The van der Waals surface area contributed by atoms with Gasteiger partial charge in [0.2, 0.25) is 5.13 Å². The molecule has 1 heterocycles. The summed E-state index contributed by atoms with van der Waals surface area (Å²) in [4.78, 5) is 4.04. The lowest BCUT2D eigenvalue weighted by molar-refractivity contribution is 0.500. The van der Waals surface area contributed by atoms with Crippen LogP contribution in [0.4, 0.5) is 22.5 Å². The predicted octanol–water partition coefficient (Wildman–Crippen LogP) is 3.09. The molecule has 0 fully saturated rings. The van der Waals surface area contributed by atoms with Gasteiger partial charge in [0.15, 0.2) is 0 Å². The molecule has 0 spiro atoms. The minimum absolute atomic E-state index is 0.195. The smallest absolute Gasteiger partial charge is 0.445 e. The van der Waals surface area contributed by atoms with E-state index in [1.165, 1.54) is 11.3 Å². The third-order valence-corrected chi connectivity index (χ3v) is 3.25. The molecule has 20 heavy (non-hydrogen) atoms. The van der Waals surface area contributed by atoms with Gasteiger partial charge in [-0.3, -0.25) is 5.43 Å². The Kier molecular flexibility index (Phi) is 4.08. The first kappa shape index (κ1) is 14.5. The van der Waals surface area contributed by atoms with Crippen LogP contribution >= 0.6 is 11.3 Å². The largest absolute Gasteiger partial charge is 0.510 e. The zero-order chi connectivity index (χ0) is 14.8. The molecule has 0 saturated carbocycles. The minimum atomic E-state index is -5.30. The van der Waals surface area contributed by atoms with E-state index in [2.05, 4.69) is 15.5 Å². The Balaban J connectivity index is 2.20. The third-order valence-electron chi connectivity index (χ3n) is 2.38. The van der Waals surface area contributed by atoms with E-state index in [0.29, 0.717) is 11.2 Å². The molecule has 106 valence electrons. The molecule has 2 rings (SSSR count). The number of aromatic nitrogens is 1. The Morgan fingerprint density at radius 3 is 2.70 bits per heavy atom. The fourth-order valence-electron chi connectivity index (χ4n) is 1.51. The Hall–Kier alpha value is -1.90. The second-order valence-electron chi connectivity index (χ2n) is 4.01. The highest BCUT2D eigenvalue weighted by molar-refractivity contribution is 7.13. The molecule has 0 bridgehead atoms. The van der Waals surface area contributed by atoms with Gasteiger partial charge in [0, 0.05) is 5.38 Å². The van der Waals surface area contributed by atoms with Crippen LogP contribution in [0, 0.1) is 12.7 Å². The molecule has 0 radical (unpaired) electrons. The van der Waals surface area contributed by atoms with Crippen LogP contribution in [0.15, 0.2) is 28.7 Å². The monoisotopic (exact) mass is 302 g/mol. The van der Waals surface area contributed by atoms with E-state index < -0.39 is 18.3 Å². The lowest BCUT2D eigenvalue weighted by Crippen LogP contribution is -2.37. The average Bonchev–Trinajstić information content (AvgIpc) is 2.76. The van der Waals surface area contributed by atoms with Gasteiger partial charge >= 0.3 is 6.98 Å². The van der Waals surface area contributed by atoms with E-state index in [1.807, 2.05) is 0 Å². The summed E-state index contributed by atoms with van der Waals surface area (Å²) in [5, 5.41) is 5.94. The maximum atomic E-state index is 12.9. The number of anilines is 1. The van der Waals surface area contributed by atoms with Gasteiger partial charge in [-0.05, 0) is 18.6 Å². The van der Waals surface area contributed by atoms with Crippen molar-refractivity contribution in [3.8, 4) is 0 Å². The van der Waals surface area contributed by atoms with Crippen LogP contribution in [0.1, 0.15) is 11.3 Å². The number of thiazole rings is 1. The molecule has 1 N–H and O–H groups in total. The zero-order valence-electron chi connectivity index (χ0n) is 10.3. The Morgan fingerprint density at radius 2 is 2.10 bits per heavy atom. The van der Waals surface area contributed by atoms with Gasteiger partial charge in [0.25, 0.3) is 0 Å². The first-order chi connectivity index (χ1) is 9.36. The number of nitrogens with zero attached hydrogens (tertiary/aromatic N) is 2. The fraction of sp³-hybridized carbons (Fsp3) is 0.0909. The van der Waals surface area contributed by atoms with Gasteiger partial charge in [-0.1, -0.05) is 17.6 Å². The first-order valence-electron chi connectivity index (χ1n) is 5.57. The Bertz CT molecular complexity index is 639. The summed E-state index contributed by atoms with van der Waals surface area (Å²) >= 11 is 1.28. The van der Waals surface area contributed by atoms with Gasteiger partial charge in [0.05, 0.1) is 11.9 Å². The molecule has 0 atom stereocenters. The lowest BCUT2D eigenvalue weighted by atomic mass is 9.77. The molecule has 0 unspecified atom stereocenters. The summed E-state index contributed by atoms with van der Waals surface area (Å²) in [7, 11) is 0. The maximum Gasteiger partial charge on any atom is 0.510 e. The molecule has 2 aromatic rings. The number of nitrogens with one attached hydrogen (secondary N) is 1. The molecule has 0 aliphatic heterocycles. The van der Waals surface area contributed by atoms with Gasteiger partial charge < -0.3 is 12.9 Å². The van der Waals surface area contributed by atoms with Gasteiger partial charge in [0.1, 0.15) is 5.82 Å². The van der Waals surface area contributed by atoms with Crippen molar-refractivity contribution < 1.29 is 17.3 Å².